The van der Waals surface area contributed by atoms with Crippen molar-refractivity contribution in [3.05, 3.63) is 51.8 Å². The normalized spacial score (nSPS) is 23.2. The van der Waals surface area contributed by atoms with E-state index in [4.69, 9.17) is 11.5 Å². The standard InChI is InChI=1S/C11H12N4O2/c12-10-5-6-11(13,7-14-10)8-3-1-2-4-9(8)15(16)17/h1-5,7H,6,12-13H2. The van der Waals surface area contributed by atoms with Gasteiger partial charge in [-0.1, -0.05) is 12.1 Å². The summed E-state index contributed by atoms with van der Waals surface area (Å²) in [6, 6.07) is 6.39. The zero-order valence-corrected chi connectivity index (χ0v) is 9.04. The quantitative estimate of drug-likeness (QED) is 0.586. The van der Waals surface area contributed by atoms with Crippen LogP contribution in [-0.2, 0) is 5.54 Å². The highest BCUT2D eigenvalue weighted by atomic mass is 16.6. The van der Waals surface area contributed by atoms with Crippen molar-refractivity contribution in [1.82, 2.24) is 0 Å². The van der Waals surface area contributed by atoms with E-state index in [0.717, 1.165) is 0 Å². The molecule has 1 atom stereocenters. The molecule has 0 aromatic heterocycles. The molecule has 2 rings (SSSR count). The Morgan fingerprint density at radius 3 is 2.71 bits per heavy atom. The number of para-hydroxylation sites is 1. The van der Waals surface area contributed by atoms with E-state index in [1.54, 1.807) is 24.3 Å². The van der Waals surface area contributed by atoms with Crippen LogP contribution in [-0.4, -0.2) is 11.1 Å². The third-order valence-electron chi connectivity index (χ3n) is 2.70. The Labute approximate surface area is 97.8 Å². The number of hydrogen-bond acceptors (Lipinski definition) is 5. The molecule has 1 unspecified atom stereocenters. The number of aliphatic imine (C=N–C) groups is 1. The fourth-order valence-corrected chi connectivity index (χ4v) is 1.77. The molecule has 0 amide bonds. The third kappa shape index (κ3) is 2.02. The summed E-state index contributed by atoms with van der Waals surface area (Å²) >= 11 is 0. The van der Waals surface area contributed by atoms with Gasteiger partial charge < -0.3 is 11.5 Å². The van der Waals surface area contributed by atoms with Gasteiger partial charge in [0.2, 0.25) is 0 Å². The van der Waals surface area contributed by atoms with Crippen LogP contribution in [0, 0.1) is 10.1 Å². The van der Waals surface area contributed by atoms with E-state index in [9.17, 15) is 10.1 Å². The smallest absolute Gasteiger partial charge is 0.274 e. The van der Waals surface area contributed by atoms with Crippen LogP contribution in [0.2, 0.25) is 0 Å². The summed E-state index contributed by atoms with van der Waals surface area (Å²) in [7, 11) is 0. The molecule has 17 heavy (non-hydrogen) atoms. The lowest BCUT2D eigenvalue weighted by Gasteiger charge is -2.26. The van der Waals surface area contributed by atoms with Crippen molar-refractivity contribution >= 4 is 11.9 Å². The molecule has 1 aromatic carbocycles. The molecule has 1 aromatic rings. The highest BCUT2D eigenvalue weighted by molar-refractivity contribution is 5.77. The van der Waals surface area contributed by atoms with Gasteiger partial charge in [-0.2, -0.15) is 0 Å². The molecule has 6 heteroatoms. The van der Waals surface area contributed by atoms with E-state index in [1.807, 2.05) is 0 Å². The summed E-state index contributed by atoms with van der Waals surface area (Å²) in [6.45, 7) is 0. The number of nitrogens with zero attached hydrogens (tertiary/aromatic N) is 2. The van der Waals surface area contributed by atoms with Crippen molar-refractivity contribution < 1.29 is 4.92 Å². The summed E-state index contributed by atoms with van der Waals surface area (Å²) in [5, 5.41) is 10.9. The SMILES string of the molecule is NC1=CCC(N)(c2ccccc2[N+](=O)[O-])C=N1. The Bertz CT molecular complexity index is 524. The van der Waals surface area contributed by atoms with Gasteiger partial charge in [-0.05, 0) is 18.6 Å². The van der Waals surface area contributed by atoms with E-state index in [0.29, 0.717) is 17.8 Å². The first-order valence-corrected chi connectivity index (χ1v) is 5.06. The maximum atomic E-state index is 10.9. The minimum Gasteiger partial charge on any atom is -0.384 e. The molecule has 0 saturated heterocycles. The molecule has 1 heterocycles. The largest absolute Gasteiger partial charge is 0.384 e. The van der Waals surface area contributed by atoms with E-state index in [2.05, 4.69) is 4.99 Å². The fourth-order valence-electron chi connectivity index (χ4n) is 1.77. The molecule has 88 valence electrons. The first-order valence-electron chi connectivity index (χ1n) is 5.06. The fraction of sp³-hybridized carbons (Fsp3) is 0.182. The number of benzene rings is 1. The number of nitro groups is 1. The second-order valence-corrected chi connectivity index (χ2v) is 3.91. The Hall–Kier alpha value is -2.21. The van der Waals surface area contributed by atoms with Gasteiger partial charge in [0.25, 0.3) is 5.69 Å². The van der Waals surface area contributed by atoms with Crippen LogP contribution in [0.25, 0.3) is 0 Å². The monoisotopic (exact) mass is 232 g/mol. The maximum absolute atomic E-state index is 10.9. The minimum absolute atomic E-state index is 0.00433. The molecule has 0 spiro atoms. The Morgan fingerprint density at radius 1 is 1.41 bits per heavy atom. The zero-order valence-electron chi connectivity index (χ0n) is 9.04. The Morgan fingerprint density at radius 2 is 2.12 bits per heavy atom. The molecule has 0 saturated carbocycles. The highest BCUT2D eigenvalue weighted by Gasteiger charge is 2.32. The number of rotatable bonds is 2. The van der Waals surface area contributed by atoms with Crippen molar-refractivity contribution in [2.45, 2.75) is 12.0 Å². The predicted molar refractivity (Wildman–Crippen MR) is 64.3 cm³/mol. The van der Waals surface area contributed by atoms with Gasteiger partial charge in [-0.25, -0.2) is 4.99 Å². The van der Waals surface area contributed by atoms with E-state index in [-0.39, 0.29) is 5.69 Å². The lowest BCUT2D eigenvalue weighted by Crippen LogP contribution is -2.40. The summed E-state index contributed by atoms with van der Waals surface area (Å²) in [6.07, 6.45) is 3.52. The molecule has 0 fully saturated rings. The Kier molecular flexibility index (Phi) is 2.64. The second-order valence-electron chi connectivity index (χ2n) is 3.91. The molecule has 6 nitrogen and oxygen atoms in total. The molecular formula is C11H12N4O2. The van der Waals surface area contributed by atoms with Crippen LogP contribution in [0.5, 0.6) is 0 Å². The van der Waals surface area contributed by atoms with Crippen molar-refractivity contribution in [2.75, 3.05) is 0 Å². The lowest BCUT2D eigenvalue weighted by molar-refractivity contribution is -0.385. The first kappa shape index (κ1) is 11.3. The summed E-state index contributed by atoms with van der Waals surface area (Å²) in [4.78, 5) is 14.4. The molecule has 1 aliphatic heterocycles. The average Bonchev–Trinajstić information content (AvgIpc) is 2.33. The van der Waals surface area contributed by atoms with Gasteiger partial charge in [-0.15, -0.1) is 0 Å². The summed E-state index contributed by atoms with van der Waals surface area (Å²) in [5.74, 6) is 0.379. The van der Waals surface area contributed by atoms with Crippen LogP contribution in [0.1, 0.15) is 12.0 Å². The molecule has 1 aliphatic rings. The van der Waals surface area contributed by atoms with Gasteiger partial charge in [0.15, 0.2) is 0 Å². The van der Waals surface area contributed by atoms with Crippen LogP contribution in [0.3, 0.4) is 0 Å². The third-order valence-corrected chi connectivity index (χ3v) is 2.70. The van der Waals surface area contributed by atoms with Gasteiger partial charge in [0.05, 0.1) is 16.0 Å². The average molecular weight is 232 g/mol. The molecule has 0 radical (unpaired) electrons. The zero-order chi connectivity index (χ0) is 12.5. The summed E-state index contributed by atoms with van der Waals surface area (Å²) in [5.41, 5.74) is 11.1. The molecule has 0 bridgehead atoms. The summed E-state index contributed by atoms with van der Waals surface area (Å²) < 4.78 is 0. The number of nitrogens with two attached hydrogens (primary N) is 2. The van der Waals surface area contributed by atoms with Gasteiger partial charge in [0.1, 0.15) is 5.82 Å². The van der Waals surface area contributed by atoms with Gasteiger partial charge >= 0.3 is 0 Å². The molecular weight excluding hydrogens is 220 g/mol. The highest BCUT2D eigenvalue weighted by Crippen LogP contribution is 2.31. The molecule has 0 aliphatic carbocycles. The van der Waals surface area contributed by atoms with Crippen LogP contribution < -0.4 is 11.5 Å². The van der Waals surface area contributed by atoms with Crippen molar-refractivity contribution in [2.24, 2.45) is 16.5 Å². The Balaban J connectivity index is 2.48. The van der Waals surface area contributed by atoms with E-state index < -0.39 is 10.5 Å². The maximum Gasteiger partial charge on any atom is 0.274 e. The number of nitro benzene ring substituents is 1. The van der Waals surface area contributed by atoms with Crippen LogP contribution in [0.4, 0.5) is 5.69 Å². The molecule has 4 N–H and O–H groups in total. The van der Waals surface area contributed by atoms with Crippen LogP contribution in [0.15, 0.2) is 41.2 Å². The first-order chi connectivity index (χ1) is 8.03. The second kappa shape index (κ2) is 3.99. The lowest BCUT2D eigenvalue weighted by atomic mass is 9.86. The van der Waals surface area contributed by atoms with Crippen molar-refractivity contribution in [3.8, 4) is 0 Å². The van der Waals surface area contributed by atoms with E-state index >= 15 is 0 Å². The van der Waals surface area contributed by atoms with Crippen LogP contribution >= 0.6 is 0 Å². The van der Waals surface area contributed by atoms with Crippen molar-refractivity contribution in [3.63, 3.8) is 0 Å². The van der Waals surface area contributed by atoms with Gasteiger partial charge in [-0.3, -0.25) is 10.1 Å². The predicted octanol–water partition coefficient (Wildman–Crippen LogP) is 1.02. The van der Waals surface area contributed by atoms with Crippen molar-refractivity contribution in [1.29, 1.82) is 0 Å². The topological polar surface area (TPSA) is 108 Å². The number of hydrogen-bond donors (Lipinski definition) is 2. The van der Waals surface area contributed by atoms with E-state index in [1.165, 1.54) is 12.3 Å². The van der Waals surface area contributed by atoms with Gasteiger partial charge in [0, 0.05) is 12.3 Å². The minimum atomic E-state index is -0.966.